The lowest BCUT2D eigenvalue weighted by molar-refractivity contribution is -0.384. The molecule has 1 heterocycles. The number of amides is 1. The third-order valence-corrected chi connectivity index (χ3v) is 3.87. The molecule has 0 bridgehead atoms. The highest BCUT2D eigenvalue weighted by Crippen LogP contribution is 2.24. The van der Waals surface area contributed by atoms with Crippen molar-refractivity contribution in [2.24, 2.45) is 0 Å². The second kappa shape index (κ2) is 6.56. The van der Waals surface area contributed by atoms with Crippen molar-refractivity contribution in [1.82, 2.24) is 9.78 Å². The first-order chi connectivity index (χ1) is 12.0. The molecule has 0 radical (unpaired) electrons. The van der Waals surface area contributed by atoms with Gasteiger partial charge in [-0.2, -0.15) is 5.10 Å². The van der Waals surface area contributed by atoms with Crippen molar-refractivity contribution in [2.75, 3.05) is 5.32 Å². The Morgan fingerprint density at radius 2 is 1.72 bits per heavy atom. The van der Waals surface area contributed by atoms with Gasteiger partial charge in [0.15, 0.2) is 0 Å². The molecule has 0 unspecified atom stereocenters. The quantitative estimate of drug-likeness (QED) is 0.581. The van der Waals surface area contributed by atoms with Gasteiger partial charge >= 0.3 is 0 Å². The Balaban J connectivity index is 1.90. The predicted octanol–water partition coefficient (Wildman–Crippen LogP) is 3.65. The lowest BCUT2D eigenvalue weighted by atomic mass is 10.2. The number of nitro groups is 1. The molecule has 0 spiro atoms. The molecule has 2 aromatic carbocycles. The molecule has 0 atom stereocenters. The molecule has 0 aliphatic heterocycles. The van der Waals surface area contributed by atoms with Gasteiger partial charge in [-0.05, 0) is 38.1 Å². The van der Waals surface area contributed by atoms with Crippen LogP contribution in [-0.4, -0.2) is 20.6 Å². The number of hydrogen-bond acceptors (Lipinski definition) is 4. The number of hydrogen-bond donors (Lipinski definition) is 1. The first-order valence-electron chi connectivity index (χ1n) is 7.65. The van der Waals surface area contributed by atoms with E-state index in [2.05, 4.69) is 10.4 Å². The summed E-state index contributed by atoms with van der Waals surface area (Å²) in [7, 11) is 0. The van der Waals surface area contributed by atoms with Gasteiger partial charge in [-0.25, -0.2) is 4.68 Å². The van der Waals surface area contributed by atoms with Gasteiger partial charge in [-0.3, -0.25) is 14.9 Å². The van der Waals surface area contributed by atoms with Crippen LogP contribution in [0.5, 0.6) is 0 Å². The fourth-order valence-corrected chi connectivity index (χ4v) is 2.57. The Morgan fingerprint density at radius 1 is 1.08 bits per heavy atom. The molecular formula is C18H16N4O3. The van der Waals surface area contributed by atoms with Gasteiger partial charge in [0.2, 0.25) is 0 Å². The second-order valence-electron chi connectivity index (χ2n) is 5.55. The van der Waals surface area contributed by atoms with E-state index >= 15 is 0 Å². The molecule has 0 aliphatic rings. The maximum absolute atomic E-state index is 12.4. The fourth-order valence-electron chi connectivity index (χ4n) is 2.57. The number of aromatic nitrogens is 2. The third-order valence-electron chi connectivity index (χ3n) is 3.87. The molecule has 7 nitrogen and oxygen atoms in total. The lowest BCUT2D eigenvalue weighted by Crippen LogP contribution is -2.13. The van der Waals surface area contributed by atoms with E-state index in [1.807, 2.05) is 13.0 Å². The predicted molar refractivity (Wildman–Crippen MR) is 94.1 cm³/mol. The Labute approximate surface area is 144 Å². The summed E-state index contributed by atoms with van der Waals surface area (Å²) in [5.74, 6) is -0.213. The van der Waals surface area contributed by atoms with Crippen LogP contribution in [0.15, 0.2) is 54.6 Å². The van der Waals surface area contributed by atoms with E-state index in [4.69, 9.17) is 0 Å². The Kier molecular flexibility index (Phi) is 4.30. The van der Waals surface area contributed by atoms with Gasteiger partial charge in [-0.1, -0.05) is 18.2 Å². The molecule has 126 valence electrons. The average Bonchev–Trinajstić information content (AvgIpc) is 2.90. The monoisotopic (exact) mass is 336 g/mol. The molecule has 0 aliphatic carbocycles. The summed E-state index contributed by atoms with van der Waals surface area (Å²) >= 11 is 0. The number of nitrogens with zero attached hydrogens (tertiary/aromatic N) is 3. The van der Waals surface area contributed by atoms with Crippen LogP contribution in [0.2, 0.25) is 0 Å². The summed E-state index contributed by atoms with van der Waals surface area (Å²) in [6, 6.07) is 15.0. The number of aryl methyl sites for hydroxylation is 1. The first-order valence-corrected chi connectivity index (χ1v) is 7.65. The standard InChI is InChI=1S/C18H16N4O3/c1-12-17(19-18(23)14-6-4-3-5-7-14)13(2)21(20-12)15-8-10-16(11-9-15)22(24)25/h3-11H,1-2H3,(H,19,23). The number of nitrogens with one attached hydrogen (secondary N) is 1. The molecule has 7 heteroatoms. The molecule has 0 saturated heterocycles. The van der Waals surface area contributed by atoms with Gasteiger partial charge in [0.05, 0.1) is 27.7 Å². The number of carbonyl (C=O) groups is 1. The van der Waals surface area contributed by atoms with Gasteiger partial charge < -0.3 is 5.32 Å². The summed E-state index contributed by atoms with van der Waals surface area (Å²) in [6.45, 7) is 3.64. The van der Waals surface area contributed by atoms with Crippen molar-refractivity contribution in [3.63, 3.8) is 0 Å². The lowest BCUT2D eigenvalue weighted by Gasteiger charge is -2.07. The zero-order valence-corrected chi connectivity index (χ0v) is 13.8. The van der Waals surface area contributed by atoms with Crippen LogP contribution in [0.25, 0.3) is 5.69 Å². The minimum atomic E-state index is -0.448. The zero-order chi connectivity index (χ0) is 18.0. The minimum absolute atomic E-state index is 0.0166. The van der Waals surface area contributed by atoms with Crippen LogP contribution in [0.1, 0.15) is 21.7 Å². The zero-order valence-electron chi connectivity index (χ0n) is 13.8. The Morgan fingerprint density at radius 3 is 2.32 bits per heavy atom. The topological polar surface area (TPSA) is 90.1 Å². The summed E-state index contributed by atoms with van der Waals surface area (Å²) in [6.07, 6.45) is 0. The van der Waals surface area contributed by atoms with Crippen molar-refractivity contribution >= 4 is 17.3 Å². The van der Waals surface area contributed by atoms with E-state index in [1.165, 1.54) is 12.1 Å². The number of rotatable bonds is 4. The molecular weight excluding hydrogens is 320 g/mol. The van der Waals surface area contributed by atoms with Crippen LogP contribution >= 0.6 is 0 Å². The van der Waals surface area contributed by atoms with Gasteiger partial charge in [0, 0.05) is 17.7 Å². The van der Waals surface area contributed by atoms with Crippen LogP contribution in [0.3, 0.4) is 0 Å². The molecule has 0 fully saturated rings. The van der Waals surface area contributed by atoms with E-state index in [9.17, 15) is 14.9 Å². The maximum Gasteiger partial charge on any atom is 0.269 e. The van der Waals surface area contributed by atoms with Crippen molar-refractivity contribution in [3.05, 3.63) is 81.7 Å². The molecule has 25 heavy (non-hydrogen) atoms. The van der Waals surface area contributed by atoms with Crippen LogP contribution in [0, 0.1) is 24.0 Å². The summed E-state index contributed by atoms with van der Waals surface area (Å²) in [4.78, 5) is 22.7. The van der Waals surface area contributed by atoms with Crippen LogP contribution in [-0.2, 0) is 0 Å². The van der Waals surface area contributed by atoms with Crippen molar-refractivity contribution < 1.29 is 9.72 Å². The largest absolute Gasteiger partial charge is 0.319 e. The fraction of sp³-hybridized carbons (Fsp3) is 0.111. The van der Waals surface area contributed by atoms with Crippen molar-refractivity contribution in [2.45, 2.75) is 13.8 Å². The SMILES string of the molecule is Cc1nn(-c2ccc([N+](=O)[O-])cc2)c(C)c1NC(=O)c1ccccc1. The number of non-ortho nitro benzene ring substituents is 1. The van der Waals surface area contributed by atoms with E-state index < -0.39 is 4.92 Å². The van der Waals surface area contributed by atoms with Crippen molar-refractivity contribution in [1.29, 1.82) is 0 Å². The molecule has 3 aromatic rings. The van der Waals surface area contributed by atoms with E-state index in [0.29, 0.717) is 22.6 Å². The molecule has 1 N–H and O–H groups in total. The summed E-state index contributed by atoms with van der Waals surface area (Å²) < 4.78 is 1.65. The third kappa shape index (κ3) is 3.25. The number of carbonyl (C=O) groups excluding carboxylic acids is 1. The molecule has 0 saturated carbocycles. The normalized spacial score (nSPS) is 10.5. The Hall–Kier alpha value is -3.48. The van der Waals surface area contributed by atoms with Crippen molar-refractivity contribution in [3.8, 4) is 5.69 Å². The highest BCUT2D eigenvalue weighted by molar-refractivity contribution is 6.04. The van der Waals surface area contributed by atoms with Gasteiger partial charge in [-0.15, -0.1) is 0 Å². The Bertz CT molecular complexity index is 931. The van der Waals surface area contributed by atoms with Crippen LogP contribution < -0.4 is 5.32 Å². The summed E-state index contributed by atoms with van der Waals surface area (Å²) in [5, 5.41) is 18.1. The molecule has 3 rings (SSSR count). The van der Waals surface area contributed by atoms with E-state index in [1.54, 1.807) is 48.0 Å². The van der Waals surface area contributed by atoms with E-state index in [-0.39, 0.29) is 11.6 Å². The van der Waals surface area contributed by atoms with E-state index in [0.717, 1.165) is 5.69 Å². The highest BCUT2D eigenvalue weighted by Gasteiger charge is 2.16. The molecule has 1 aromatic heterocycles. The first kappa shape index (κ1) is 16.4. The number of benzene rings is 2. The second-order valence-corrected chi connectivity index (χ2v) is 5.55. The number of anilines is 1. The average molecular weight is 336 g/mol. The minimum Gasteiger partial charge on any atom is -0.319 e. The maximum atomic E-state index is 12.4. The van der Waals surface area contributed by atoms with Gasteiger partial charge in [0.1, 0.15) is 0 Å². The van der Waals surface area contributed by atoms with Crippen LogP contribution in [0.4, 0.5) is 11.4 Å². The smallest absolute Gasteiger partial charge is 0.269 e. The number of nitro benzene ring substituents is 1. The molecule has 1 amide bonds. The highest BCUT2D eigenvalue weighted by atomic mass is 16.6. The summed E-state index contributed by atoms with van der Waals surface area (Å²) in [5.41, 5.74) is 3.31. The van der Waals surface area contributed by atoms with Gasteiger partial charge in [0.25, 0.3) is 11.6 Å².